The van der Waals surface area contributed by atoms with Crippen LogP contribution in [0, 0.1) is 11.8 Å². The second kappa shape index (κ2) is 12.4. The van der Waals surface area contributed by atoms with Gasteiger partial charge in [-0.1, -0.05) is 88.4 Å². The monoisotopic (exact) mass is 688 g/mol. The summed E-state index contributed by atoms with van der Waals surface area (Å²) >= 11 is 0. The lowest BCUT2D eigenvalue weighted by Gasteiger charge is -2.29. The zero-order valence-electron chi connectivity index (χ0n) is 28.8. The number of aromatic nitrogens is 1. The number of hydrogen-bond acceptors (Lipinski definition) is 9. The third kappa shape index (κ3) is 5.19. The summed E-state index contributed by atoms with van der Waals surface area (Å²) in [5.74, 6) is -0.457. The van der Waals surface area contributed by atoms with Crippen LogP contribution in [-0.4, -0.2) is 70.0 Å². The Morgan fingerprint density at radius 2 is 1.76 bits per heavy atom. The lowest BCUT2D eigenvalue weighted by molar-refractivity contribution is -0.135. The number of nitrogens with one attached hydrogen (secondary N) is 3. The number of rotatable bonds is 6. The highest BCUT2D eigenvalue weighted by Crippen LogP contribution is 2.58. The minimum absolute atomic E-state index is 0.102. The first-order valence-electron chi connectivity index (χ1n) is 17.5. The fourth-order valence-electron chi connectivity index (χ4n) is 7.61. The molecule has 2 unspecified atom stereocenters. The average molecular weight is 689 g/mol. The number of aliphatic hydroxyl groups is 1. The molecule has 4 aliphatic rings. The molecule has 5 atom stereocenters. The highest BCUT2D eigenvalue weighted by molar-refractivity contribution is 6.13. The van der Waals surface area contributed by atoms with Gasteiger partial charge in [-0.15, -0.1) is 0 Å². The molecule has 4 aliphatic heterocycles. The molecule has 0 radical (unpaired) electrons. The van der Waals surface area contributed by atoms with Gasteiger partial charge in [-0.05, 0) is 35.1 Å². The number of para-hydroxylation sites is 1. The van der Waals surface area contributed by atoms with Gasteiger partial charge in [-0.2, -0.15) is 0 Å². The van der Waals surface area contributed by atoms with Gasteiger partial charge in [0.1, 0.15) is 35.2 Å². The number of aliphatic imine (C=N–C) groups is 1. The van der Waals surface area contributed by atoms with Crippen LogP contribution in [-0.2, 0) is 21.4 Å². The third-order valence-electron chi connectivity index (χ3n) is 10.3. The maximum atomic E-state index is 14.9. The van der Waals surface area contributed by atoms with Crippen molar-refractivity contribution in [2.75, 3.05) is 18.4 Å². The van der Waals surface area contributed by atoms with E-state index in [4.69, 9.17) is 19.1 Å². The van der Waals surface area contributed by atoms with Crippen LogP contribution in [0.2, 0.25) is 0 Å². The van der Waals surface area contributed by atoms with Crippen molar-refractivity contribution >= 4 is 29.2 Å². The Balaban J connectivity index is 1.34. The molecular weight excluding hydrogens is 648 g/mol. The molecule has 12 heteroatoms. The van der Waals surface area contributed by atoms with E-state index in [1.807, 2.05) is 86.6 Å². The van der Waals surface area contributed by atoms with Gasteiger partial charge in [-0.3, -0.25) is 24.3 Å². The minimum atomic E-state index is -1.30. The van der Waals surface area contributed by atoms with E-state index >= 15 is 0 Å². The number of carbonyl (C=O) groups is 3. The standard InChI is InChI=1S/C39H40N6O6/c1-20(2)29-36-44-30(37(49)45-17-16-40-33(45)23-10-6-5-7-11-23)32(51-36)39-24-12-8-9-13-26(24)42-38(39)50-28-15-14-22(18-25(28)39)19-27(34(47)43-29)41-35(48)31(46)21(3)4/h5-15,18,20-21,27,29,31,38,42,46H,16-17,19H2,1-4H3,(H,41,48)(H,43,47)/t27-,29-,31-,38?,39?/m0/s1. The van der Waals surface area contributed by atoms with E-state index in [-0.39, 0.29) is 35.7 Å². The quantitative estimate of drug-likeness (QED) is 0.237. The fraction of sp³-hybridized carbons (Fsp3) is 0.359. The summed E-state index contributed by atoms with van der Waals surface area (Å²) in [6.45, 7) is 8.12. The van der Waals surface area contributed by atoms with E-state index in [9.17, 15) is 19.5 Å². The predicted molar refractivity (Wildman–Crippen MR) is 188 cm³/mol. The molecule has 262 valence electrons. The predicted octanol–water partition coefficient (Wildman–Crippen LogP) is 3.93. The second-order valence-corrected chi connectivity index (χ2v) is 14.3. The van der Waals surface area contributed by atoms with E-state index in [0.29, 0.717) is 30.4 Å². The molecule has 1 aromatic heterocycles. The van der Waals surface area contributed by atoms with Crippen LogP contribution in [0.3, 0.4) is 0 Å². The first kappa shape index (κ1) is 32.7. The van der Waals surface area contributed by atoms with Crippen molar-refractivity contribution in [2.45, 2.75) is 63.9 Å². The second-order valence-electron chi connectivity index (χ2n) is 14.3. The molecule has 5 heterocycles. The number of anilines is 1. The average Bonchev–Trinajstić information content (AvgIpc) is 3.91. The summed E-state index contributed by atoms with van der Waals surface area (Å²) in [5.41, 5.74) is 2.94. The van der Waals surface area contributed by atoms with E-state index in [1.165, 1.54) is 0 Å². The van der Waals surface area contributed by atoms with Gasteiger partial charge in [0.25, 0.3) is 5.91 Å². The molecule has 4 bridgehead atoms. The number of benzene rings is 3. The van der Waals surface area contributed by atoms with Gasteiger partial charge < -0.3 is 30.2 Å². The number of fused-ring (bicyclic) bond motifs is 4. The van der Waals surface area contributed by atoms with Crippen LogP contribution in [0.4, 0.5) is 5.69 Å². The summed E-state index contributed by atoms with van der Waals surface area (Å²) in [6, 6.07) is 21.3. The van der Waals surface area contributed by atoms with Gasteiger partial charge in [-0.25, -0.2) is 4.98 Å². The Bertz CT molecular complexity index is 2070. The summed E-state index contributed by atoms with van der Waals surface area (Å²) < 4.78 is 13.5. The van der Waals surface area contributed by atoms with Crippen LogP contribution >= 0.6 is 0 Å². The van der Waals surface area contributed by atoms with Crippen LogP contribution in [0.1, 0.15) is 78.1 Å². The van der Waals surface area contributed by atoms with Crippen molar-refractivity contribution in [1.29, 1.82) is 0 Å². The van der Waals surface area contributed by atoms with Crippen LogP contribution in [0.15, 0.2) is 82.2 Å². The summed E-state index contributed by atoms with van der Waals surface area (Å²) in [6.07, 6.45) is -1.84. The number of nitrogens with zero attached hydrogens (tertiary/aromatic N) is 3. The molecule has 3 amide bonds. The lowest BCUT2D eigenvalue weighted by Crippen LogP contribution is -2.52. The van der Waals surface area contributed by atoms with E-state index < -0.39 is 41.6 Å². The van der Waals surface area contributed by atoms with Crippen molar-refractivity contribution in [3.63, 3.8) is 0 Å². The number of carbonyl (C=O) groups excluding carboxylic acids is 3. The fourth-order valence-corrected chi connectivity index (χ4v) is 7.61. The highest BCUT2D eigenvalue weighted by atomic mass is 16.5. The zero-order chi connectivity index (χ0) is 35.6. The highest BCUT2D eigenvalue weighted by Gasteiger charge is 2.61. The van der Waals surface area contributed by atoms with Gasteiger partial charge in [0.15, 0.2) is 17.7 Å². The Morgan fingerprint density at radius 1 is 1.00 bits per heavy atom. The minimum Gasteiger partial charge on any atom is -0.469 e. The molecule has 3 aromatic carbocycles. The van der Waals surface area contributed by atoms with Gasteiger partial charge >= 0.3 is 0 Å². The Hall–Kier alpha value is -5.49. The van der Waals surface area contributed by atoms with Crippen LogP contribution < -0.4 is 20.7 Å². The maximum absolute atomic E-state index is 14.9. The molecule has 0 fully saturated rings. The number of hydrogen-bond donors (Lipinski definition) is 4. The molecule has 4 aromatic rings. The van der Waals surface area contributed by atoms with Crippen molar-refractivity contribution < 1.29 is 28.6 Å². The zero-order valence-corrected chi connectivity index (χ0v) is 28.8. The molecular formula is C39H40N6O6. The topological polar surface area (TPSA) is 158 Å². The molecule has 4 N–H and O–H groups in total. The maximum Gasteiger partial charge on any atom is 0.281 e. The molecule has 12 nitrogen and oxygen atoms in total. The van der Waals surface area contributed by atoms with Crippen molar-refractivity contribution in [2.24, 2.45) is 16.8 Å². The Kier molecular flexibility index (Phi) is 7.94. The molecule has 8 rings (SSSR count). The number of amides is 3. The van der Waals surface area contributed by atoms with Crippen molar-refractivity contribution in [3.8, 4) is 5.75 Å². The molecule has 51 heavy (non-hydrogen) atoms. The van der Waals surface area contributed by atoms with Crippen molar-refractivity contribution in [3.05, 3.63) is 112 Å². The van der Waals surface area contributed by atoms with E-state index in [1.54, 1.807) is 18.7 Å². The lowest BCUT2D eigenvalue weighted by atomic mass is 9.72. The number of oxazole rings is 1. The smallest absolute Gasteiger partial charge is 0.281 e. The Labute approximate surface area is 295 Å². The van der Waals surface area contributed by atoms with Crippen LogP contribution in [0.5, 0.6) is 5.75 Å². The van der Waals surface area contributed by atoms with E-state index in [0.717, 1.165) is 27.9 Å². The molecule has 0 saturated heterocycles. The molecule has 0 aliphatic carbocycles. The largest absolute Gasteiger partial charge is 0.469 e. The number of aliphatic hydroxyl groups excluding tert-OH is 1. The number of ether oxygens (including phenoxy) is 1. The number of amidine groups is 1. The summed E-state index contributed by atoms with van der Waals surface area (Å²) in [7, 11) is 0. The van der Waals surface area contributed by atoms with Gasteiger partial charge in [0.05, 0.1) is 6.54 Å². The van der Waals surface area contributed by atoms with Crippen molar-refractivity contribution in [1.82, 2.24) is 20.5 Å². The first-order chi connectivity index (χ1) is 24.6. The van der Waals surface area contributed by atoms with Gasteiger partial charge in [0, 0.05) is 29.8 Å². The van der Waals surface area contributed by atoms with Gasteiger partial charge in [0.2, 0.25) is 17.7 Å². The van der Waals surface area contributed by atoms with E-state index in [2.05, 4.69) is 16.0 Å². The molecule has 0 saturated carbocycles. The Morgan fingerprint density at radius 3 is 2.53 bits per heavy atom. The third-order valence-corrected chi connectivity index (χ3v) is 10.3. The van der Waals surface area contributed by atoms with Crippen LogP contribution in [0.25, 0.3) is 0 Å². The normalized spacial score (nSPS) is 23.7. The SMILES string of the molecule is CC(C)[C@H](O)C(=O)N[C@H]1Cc2ccc3c(c2)C2(c4ccccc4NC2O3)c2oc(nc2C(=O)N2CCN=C2c2ccccc2)[C@H](C(C)C)NC1=O. The summed E-state index contributed by atoms with van der Waals surface area (Å²) in [4.78, 5) is 53.4. The summed E-state index contributed by atoms with van der Waals surface area (Å²) in [5, 5.41) is 20.0. The molecule has 1 spiro atoms. The first-order valence-corrected chi connectivity index (χ1v) is 17.5.